The van der Waals surface area contributed by atoms with E-state index in [1.54, 1.807) is 30.3 Å². The van der Waals surface area contributed by atoms with E-state index in [4.69, 9.17) is 28.7 Å². The van der Waals surface area contributed by atoms with Crippen molar-refractivity contribution in [2.45, 2.75) is 33.2 Å². The molecule has 11 nitrogen and oxygen atoms in total. The Bertz CT molecular complexity index is 1910. The van der Waals surface area contributed by atoms with Gasteiger partial charge in [0.05, 0.1) is 25.5 Å². The first-order chi connectivity index (χ1) is 24.9. The molecular formula is C38H38F3N3O8. The molecule has 0 amide bonds. The number of esters is 2. The van der Waals surface area contributed by atoms with Gasteiger partial charge < -0.3 is 28.7 Å². The average molecular weight is 722 g/mol. The number of hydrogen-bond donors (Lipinski definition) is 0. The van der Waals surface area contributed by atoms with Crippen LogP contribution in [0, 0.1) is 6.92 Å². The number of nitrogens with zero attached hydrogens (tertiary/aromatic N) is 3. The van der Waals surface area contributed by atoms with Gasteiger partial charge >= 0.3 is 18.1 Å². The van der Waals surface area contributed by atoms with E-state index in [1.165, 1.54) is 47.5 Å². The number of carbonyl (C=O) groups is 2. The second kappa shape index (κ2) is 19.9. The van der Waals surface area contributed by atoms with Crippen molar-refractivity contribution in [3.05, 3.63) is 136 Å². The topological polar surface area (TPSA) is 127 Å². The van der Waals surface area contributed by atoms with Crippen molar-refractivity contribution in [3.63, 3.8) is 0 Å². The van der Waals surface area contributed by atoms with Gasteiger partial charge in [0, 0.05) is 16.7 Å². The number of oxime groups is 3. The van der Waals surface area contributed by atoms with Crippen LogP contribution in [0.2, 0.25) is 0 Å². The van der Waals surface area contributed by atoms with Crippen molar-refractivity contribution in [2.24, 2.45) is 15.5 Å². The third-order valence-corrected chi connectivity index (χ3v) is 7.17. The first-order valence-corrected chi connectivity index (χ1v) is 15.5. The molecule has 0 saturated heterocycles. The molecule has 0 aromatic heterocycles. The number of carbonyl (C=O) groups excluding carboxylic acids is 2. The fraction of sp³-hybridized carbons (Fsp3) is 0.237. The van der Waals surface area contributed by atoms with Crippen LogP contribution in [0.4, 0.5) is 13.2 Å². The molecule has 52 heavy (non-hydrogen) atoms. The largest absolute Gasteiger partial charge is 0.489 e. The minimum atomic E-state index is -4.44. The predicted molar refractivity (Wildman–Crippen MR) is 188 cm³/mol. The van der Waals surface area contributed by atoms with Crippen molar-refractivity contribution in [3.8, 4) is 5.75 Å². The molecule has 0 fully saturated rings. The third kappa shape index (κ3) is 11.4. The maximum atomic E-state index is 12.9. The maximum absolute atomic E-state index is 12.9. The number of para-hydroxylation sites is 1. The van der Waals surface area contributed by atoms with Gasteiger partial charge in [0.15, 0.2) is 11.4 Å². The van der Waals surface area contributed by atoms with Gasteiger partial charge in [-0.15, -0.1) is 0 Å². The number of ether oxygens (including phenoxy) is 3. The van der Waals surface area contributed by atoms with Gasteiger partial charge in [0.2, 0.25) is 0 Å². The molecule has 0 bridgehead atoms. The first-order valence-electron chi connectivity index (χ1n) is 15.5. The molecule has 0 aliphatic carbocycles. The van der Waals surface area contributed by atoms with Crippen LogP contribution in [-0.4, -0.2) is 57.5 Å². The molecule has 0 heterocycles. The quantitative estimate of drug-likeness (QED) is 0.0802. The fourth-order valence-corrected chi connectivity index (χ4v) is 4.57. The maximum Gasteiger partial charge on any atom is 0.416 e. The highest BCUT2D eigenvalue weighted by Gasteiger charge is 2.30. The second-order valence-corrected chi connectivity index (χ2v) is 10.6. The summed E-state index contributed by atoms with van der Waals surface area (Å²) < 4.78 is 53.9. The Morgan fingerprint density at radius 3 is 1.69 bits per heavy atom. The van der Waals surface area contributed by atoms with Crippen LogP contribution in [-0.2, 0) is 53.0 Å². The number of rotatable bonds is 13. The highest BCUT2D eigenvalue weighted by Crippen LogP contribution is 2.29. The summed E-state index contributed by atoms with van der Waals surface area (Å²) in [4.78, 5) is 38.6. The first kappa shape index (κ1) is 40.3. The zero-order valence-corrected chi connectivity index (χ0v) is 29.4. The molecule has 4 aromatic rings. The Hall–Kier alpha value is -6.18. The van der Waals surface area contributed by atoms with Crippen LogP contribution in [0.5, 0.6) is 5.75 Å². The van der Waals surface area contributed by atoms with Gasteiger partial charge in [-0.2, -0.15) is 13.2 Å². The summed E-state index contributed by atoms with van der Waals surface area (Å²) in [5.41, 5.74) is 3.31. The van der Waals surface area contributed by atoms with Crippen molar-refractivity contribution >= 4 is 29.1 Å². The van der Waals surface area contributed by atoms with Crippen LogP contribution in [0.3, 0.4) is 0 Å². The van der Waals surface area contributed by atoms with Gasteiger partial charge in [0.1, 0.15) is 33.2 Å². The Balaban J connectivity index is 0.000000288. The number of aryl methyl sites for hydroxylation is 1. The molecule has 0 N–H and O–H groups in total. The SMILES string of the molecule is CO/N=C(/C(=O)OC)c1ccccc1CO/N=C(\C)c1cccc(C(F)(F)F)c1.CO/N=C(/C(=O)OC)c1ccccc1COc1ccccc1C. The lowest BCUT2D eigenvalue weighted by atomic mass is 10.0. The minimum Gasteiger partial charge on any atom is -0.489 e. The Morgan fingerprint density at radius 1 is 0.654 bits per heavy atom. The molecular weight excluding hydrogens is 683 g/mol. The third-order valence-electron chi connectivity index (χ3n) is 7.17. The van der Waals surface area contributed by atoms with Crippen molar-refractivity contribution in [2.75, 3.05) is 28.4 Å². The van der Waals surface area contributed by atoms with E-state index in [0.29, 0.717) is 23.3 Å². The summed E-state index contributed by atoms with van der Waals surface area (Å²) in [5.74, 6) is -0.455. The van der Waals surface area contributed by atoms with Crippen molar-refractivity contribution in [1.29, 1.82) is 0 Å². The summed E-state index contributed by atoms with van der Waals surface area (Å²) in [7, 11) is 5.20. The summed E-state index contributed by atoms with van der Waals surface area (Å²) in [6.07, 6.45) is -4.44. The standard InChI is InChI=1S/C20H19F3N2O4.C18H19NO4/c1-13(14-8-6-9-16(11-14)20(21,22)23)24-29-12-15-7-4-5-10-17(15)18(25-28-3)19(26)27-2;1-13-8-4-7-11-16(13)23-12-14-9-5-6-10-15(14)17(19-22-3)18(20)21-2/h4-11H,12H2,1-3H3;4-11H,12H2,1-3H3/b24-13+,25-18+;19-17+. The molecule has 0 unspecified atom stereocenters. The van der Waals surface area contributed by atoms with Crippen LogP contribution >= 0.6 is 0 Å². The molecule has 4 aromatic carbocycles. The van der Waals surface area contributed by atoms with Crippen molar-refractivity contribution in [1.82, 2.24) is 0 Å². The summed E-state index contributed by atoms with van der Waals surface area (Å²) in [6.45, 7) is 3.77. The highest BCUT2D eigenvalue weighted by molar-refractivity contribution is 6.44. The van der Waals surface area contributed by atoms with E-state index < -0.39 is 23.7 Å². The van der Waals surface area contributed by atoms with Crippen LogP contribution in [0.1, 0.15) is 45.9 Å². The van der Waals surface area contributed by atoms with E-state index in [9.17, 15) is 22.8 Å². The van der Waals surface area contributed by atoms with Crippen LogP contribution in [0.15, 0.2) is 113 Å². The van der Waals surface area contributed by atoms with Crippen molar-refractivity contribution < 1.29 is 51.5 Å². The highest BCUT2D eigenvalue weighted by atomic mass is 19.4. The van der Waals surface area contributed by atoms with Gasteiger partial charge in [-0.25, -0.2) is 9.59 Å². The number of alkyl halides is 3. The zero-order valence-electron chi connectivity index (χ0n) is 29.4. The smallest absolute Gasteiger partial charge is 0.416 e. The van der Waals surface area contributed by atoms with Gasteiger partial charge in [-0.05, 0) is 48.7 Å². The summed E-state index contributed by atoms with van der Waals surface area (Å²) in [6, 6.07) is 26.7. The average Bonchev–Trinajstić information content (AvgIpc) is 3.15. The lowest BCUT2D eigenvalue weighted by molar-refractivity contribution is -0.137. The fourth-order valence-electron chi connectivity index (χ4n) is 4.57. The van der Waals surface area contributed by atoms with Gasteiger partial charge in [-0.3, -0.25) is 0 Å². The summed E-state index contributed by atoms with van der Waals surface area (Å²) >= 11 is 0. The summed E-state index contributed by atoms with van der Waals surface area (Å²) in [5, 5.41) is 11.4. The molecule has 0 atom stereocenters. The Morgan fingerprint density at radius 2 is 1.17 bits per heavy atom. The molecule has 14 heteroatoms. The number of halogens is 3. The molecule has 0 saturated carbocycles. The number of methoxy groups -OCH3 is 2. The monoisotopic (exact) mass is 721 g/mol. The van der Waals surface area contributed by atoms with Gasteiger partial charge in [-0.1, -0.05) is 94.3 Å². The van der Waals surface area contributed by atoms with E-state index in [0.717, 1.165) is 29.0 Å². The Labute approximate surface area is 299 Å². The lowest BCUT2D eigenvalue weighted by Gasteiger charge is -2.12. The molecule has 0 aliphatic heterocycles. The zero-order chi connectivity index (χ0) is 38.1. The van der Waals surface area contributed by atoms with E-state index in [-0.39, 0.29) is 29.3 Å². The molecule has 0 radical (unpaired) electrons. The minimum absolute atomic E-state index is 0.0484. The van der Waals surface area contributed by atoms with E-state index in [1.807, 2.05) is 49.4 Å². The van der Waals surface area contributed by atoms with Crippen LogP contribution < -0.4 is 4.74 Å². The molecule has 4 rings (SSSR count). The van der Waals surface area contributed by atoms with Crippen LogP contribution in [0.25, 0.3) is 0 Å². The van der Waals surface area contributed by atoms with E-state index >= 15 is 0 Å². The second-order valence-electron chi connectivity index (χ2n) is 10.6. The Kier molecular flexibility index (Phi) is 15.4. The van der Waals surface area contributed by atoms with E-state index in [2.05, 4.69) is 15.5 Å². The number of benzene rings is 4. The lowest BCUT2D eigenvalue weighted by Crippen LogP contribution is -2.19. The molecule has 0 aliphatic rings. The predicted octanol–water partition coefficient (Wildman–Crippen LogP) is 7.27. The molecule has 0 spiro atoms. The number of hydrogen-bond acceptors (Lipinski definition) is 11. The normalized spacial score (nSPS) is 11.8. The van der Waals surface area contributed by atoms with Gasteiger partial charge in [0.25, 0.3) is 0 Å². The molecule has 274 valence electrons.